The molecule has 1 aliphatic heterocycles. The average Bonchev–Trinajstić information content (AvgIpc) is 3.34. The number of hydrogen-bond acceptors (Lipinski definition) is 7. The summed E-state index contributed by atoms with van der Waals surface area (Å²) in [5.41, 5.74) is 0.843. The van der Waals surface area contributed by atoms with Crippen LogP contribution in [-0.4, -0.2) is 59.2 Å². The Kier molecular flexibility index (Phi) is 4.94. The van der Waals surface area contributed by atoms with Gasteiger partial charge in [-0.2, -0.15) is 4.98 Å². The smallest absolute Gasteiger partial charge is 0.255 e. The number of rotatable bonds is 5. The van der Waals surface area contributed by atoms with E-state index in [1.54, 1.807) is 31.0 Å². The van der Waals surface area contributed by atoms with Gasteiger partial charge in [-0.05, 0) is 51.7 Å². The summed E-state index contributed by atoms with van der Waals surface area (Å²) in [5.74, 6) is 0.988. The number of likely N-dealkylation sites (tertiary alicyclic amines) is 1. The Hall–Kier alpha value is -2.33. The predicted octanol–water partition coefficient (Wildman–Crippen LogP) is 1.19. The summed E-state index contributed by atoms with van der Waals surface area (Å²) in [4.78, 5) is 23.5. The first-order chi connectivity index (χ1) is 13.7. The molecule has 1 aliphatic carbocycles. The Morgan fingerprint density at radius 1 is 1.38 bits per heavy atom. The lowest BCUT2D eigenvalue weighted by Crippen LogP contribution is -2.40. The SMILES string of the molecule is CCS(=O)(=O)N[C@@H]1CC2CN(C(=O)c3ccc(C)nc3)C[C@@]2(c2nc(C)no2)C1. The van der Waals surface area contributed by atoms with Crippen molar-refractivity contribution in [1.29, 1.82) is 0 Å². The van der Waals surface area contributed by atoms with Crippen molar-refractivity contribution in [3.63, 3.8) is 0 Å². The molecule has 1 unspecified atom stereocenters. The van der Waals surface area contributed by atoms with Crippen LogP contribution in [0.5, 0.6) is 0 Å². The second kappa shape index (κ2) is 7.17. The molecule has 2 aliphatic rings. The largest absolute Gasteiger partial charge is 0.339 e. The molecule has 4 rings (SSSR count). The van der Waals surface area contributed by atoms with Crippen molar-refractivity contribution in [2.24, 2.45) is 5.92 Å². The van der Waals surface area contributed by atoms with Gasteiger partial charge in [-0.15, -0.1) is 0 Å². The van der Waals surface area contributed by atoms with Gasteiger partial charge in [-0.25, -0.2) is 13.1 Å². The minimum atomic E-state index is -3.32. The van der Waals surface area contributed by atoms with Crippen LogP contribution in [0.25, 0.3) is 0 Å². The number of pyridine rings is 1. The van der Waals surface area contributed by atoms with Gasteiger partial charge in [-0.1, -0.05) is 5.16 Å². The summed E-state index contributed by atoms with van der Waals surface area (Å²) in [7, 11) is -3.32. The van der Waals surface area contributed by atoms with Gasteiger partial charge in [0, 0.05) is 31.0 Å². The average molecular weight is 420 g/mol. The van der Waals surface area contributed by atoms with Crippen LogP contribution in [0, 0.1) is 19.8 Å². The third-order valence-electron chi connectivity index (χ3n) is 6.00. The van der Waals surface area contributed by atoms with E-state index in [0.717, 1.165) is 5.69 Å². The molecule has 0 aromatic carbocycles. The molecule has 0 bridgehead atoms. The van der Waals surface area contributed by atoms with Crippen LogP contribution in [0.15, 0.2) is 22.9 Å². The van der Waals surface area contributed by atoms with Crippen LogP contribution in [0.3, 0.4) is 0 Å². The zero-order valence-electron chi connectivity index (χ0n) is 16.8. The standard InChI is InChI=1S/C19H25N5O4S/c1-4-29(26,27)23-16-7-15-10-24(17(25)14-6-5-12(2)20-9-14)11-19(15,8-16)18-21-13(3)22-28-18/h5-6,9,15-16,23H,4,7-8,10-11H2,1-3H3/t15?,16-,19+/m1/s1. The normalized spacial score (nSPS) is 26.7. The Labute approximate surface area is 169 Å². The minimum Gasteiger partial charge on any atom is -0.339 e. The molecule has 2 fully saturated rings. The van der Waals surface area contributed by atoms with E-state index in [4.69, 9.17) is 4.52 Å². The van der Waals surface area contributed by atoms with E-state index in [1.165, 1.54) is 0 Å². The zero-order chi connectivity index (χ0) is 20.8. The fourth-order valence-corrected chi connectivity index (χ4v) is 5.41. The summed E-state index contributed by atoms with van der Waals surface area (Å²) in [5, 5.41) is 3.93. The molecule has 3 heterocycles. The fourth-order valence-electron chi connectivity index (χ4n) is 4.56. The molecule has 0 radical (unpaired) electrons. The molecule has 9 nitrogen and oxygen atoms in total. The lowest BCUT2D eigenvalue weighted by molar-refractivity contribution is 0.0773. The van der Waals surface area contributed by atoms with Gasteiger partial charge < -0.3 is 9.42 Å². The molecule has 3 atom stereocenters. The molecular weight excluding hydrogens is 394 g/mol. The van der Waals surface area contributed by atoms with Crippen molar-refractivity contribution < 1.29 is 17.7 Å². The molecule has 10 heteroatoms. The van der Waals surface area contributed by atoms with Gasteiger partial charge >= 0.3 is 0 Å². The highest BCUT2D eigenvalue weighted by molar-refractivity contribution is 7.89. The van der Waals surface area contributed by atoms with Gasteiger partial charge in [-0.3, -0.25) is 9.78 Å². The first-order valence-corrected chi connectivity index (χ1v) is 11.4. The van der Waals surface area contributed by atoms with Gasteiger partial charge in [0.25, 0.3) is 5.91 Å². The van der Waals surface area contributed by atoms with Crippen molar-refractivity contribution in [2.45, 2.75) is 45.1 Å². The van der Waals surface area contributed by atoms with E-state index >= 15 is 0 Å². The van der Waals surface area contributed by atoms with Crippen LogP contribution < -0.4 is 4.72 Å². The number of hydrogen-bond donors (Lipinski definition) is 1. The number of sulfonamides is 1. The number of carbonyl (C=O) groups is 1. The lowest BCUT2D eigenvalue weighted by atomic mass is 9.80. The van der Waals surface area contributed by atoms with Crippen LogP contribution >= 0.6 is 0 Å². The molecule has 1 N–H and O–H groups in total. The quantitative estimate of drug-likeness (QED) is 0.773. The third kappa shape index (κ3) is 3.66. The molecular formula is C19H25N5O4S. The molecule has 1 saturated heterocycles. The van der Waals surface area contributed by atoms with Crippen LogP contribution in [0.1, 0.15) is 47.5 Å². The first-order valence-electron chi connectivity index (χ1n) is 9.75. The maximum absolute atomic E-state index is 13.0. The highest BCUT2D eigenvalue weighted by Gasteiger charge is 2.58. The molecule has 2 aromatic rings. The van der Waals surface area contributed by atoms with E-state index in [0.29, 0.717) is 43.2 Å². The highest BCUT2D eigenvalue weighted by Crippen LogP contribution is 2.50. The second-order valence-corrected chi connectivity index (χ2v) is 10.1. The van der Waals surface area contributed by atoms with Gasteiger partial charge in [0.05, 0.1) is 16.7 Å². The van der Waals surface area contributed by atoms with Crippen LogP contribution in [0.4, 0.5) is 0 Å². The fraction of sp³-hybridized carbons (Fsp3) is 0.579. The van der Waals surface area contributed by atoms with Crippen LogP contribution in [-0.2, 0) is 15.4 Å². The summed E-state index contributed by atoms with van der Waals surface area (Å²) in [6.45, 7) is 6.17. The Balaban J connectivity index is 1.61. The molecule has 156 valence electrons. The Bertz CT molecular complexity index is 1020. The van der Waals surface area contributed by atoms with Crippen molar-refractivity contribution >= 4 is 15.9 Å². The topological polar surface area (TPSA) is 118 Å². The maximum atomic E-state index is 13.0. The monoisotopic (exact) mass is 419 g/mol. The van der Waals surface area contributed by atoms with E-state index in [2.05, 4.69) is 19.8 Å². The summed E-state index contributed by atoms with van der Waals surface area (Å²) >= 11 is 0. The van der Waals surface area contributed by atoms with Gasteiger partial charge in [0.1, 0.15) is 0 Å². The van der Waals surface area contributed by atoms with Crippen molar-refractivity contribution in [1.82, 2.24) is 24.7 Å². The second-order valence-electron chi connectivity index (χ2n) is 8.03. The van der Waals surface area contributed by atoms with Crippen molar-refractivity contribution in [2.75, 3.05) is 18.8 Å². The first kappa shape index (κ1) is 20.0. The minimum absolute atomic E-state index is 0.0336. The maximum Gasteiger partial charge on any atom is 0.255 e. The molecule has 1 saturated carbocycles. The van der Waals surface area contributed by atoms with Crippen molar-refractivity contribution in [3.8, 4) is 0 Å². The predicted molar refractivity (Wildman–Crippen MR) is 105 cm³/mol. The number of aryl methyl sites for hydroxylation is 2. The molecule has 0 spiro atoms. The molecule has 2 aromatic heterocycles. The van der Waals surface area contributed by atoms with Gasteiger partial charge in [0.15, 0.2) is 5.82 Å². The third-order valence-corrected chi connectivity index (χ3v) is 7.45. The summed E-state index contributed by atoms with van der Waals surface area (Å²) in [6, 6.07) is 3.38. The lowest BCUT2D eigenvalue weighted by Gasteiger charge is -2.25. The zero-order valence-corrected chi connectivity index (χ0v) is 17.6. The number of nitrogens with zero attached hydrogens (tertiary/aromatic N) is 4. The number of fused-ring (bicyclic) bond motifs is 1. The van der Waals surface area contributed by atoms with Gasteiger partial charge in [0.2, 0.25) is 15.9 Å². The van der Waals surface area contributed by atoms with Crippen molar-refractivity contribution in [3.05, 3.63) is 41.3 Å². The Morgan fingerprint density at radius 2 is 2.17 bits per heavy atom. The number of carbonyl (C=O) groups excluding carboxylic acids is 1. The number of amides is 1. The molecule has 29 heavy (non-hydrogen) atoms. The number of aromatic nitrogens is 3. The van der Waals surface area contributed by atoms with E-state index in [1.807, 2.05) is 13.0 Å². The highest BCUT2D eigenvalue weighted by atomic mass is 32.2. The Morgan fingerprint density at radius 3 is 2.79 bits per heavy atom. The molecule has 1 amide bonds. The van der Waals surface area contributed by atoms with Crippen LogP contribution in [0.2, 0.25) is 0 Å². The summed E-state index contributed by atoms with van der Waals surface area (Å²) in [6.07, 6.45) is 2.73. The van der Waals surface area contributed by atoms with E-state index < -0.39 is 15.4 Å². The number of nitrogens with one attached hydrogen (secondary N) is 1. The van der Waals surface area contributed by atoms with E-state index in [9.17, 15) is 13.2 Å². The van der Waals surface area contributed by atoms with E-state index in [-0.39, 0.29) is 23.6 Å². The summed E-state index contributed by atoms with van der Waals surface area (Å²) < 4.78 is 32.4.